The first-order valence-electron chi connectivity index (χ1n) is 3.96. The van der Waals surface area contributed by atoms with E-state index in [9.17, 15) is 0 Å². The second-order valence-electron chi connectivity index (χ2n) is 2.53. The zero-order chi connectivity index (χ0) is 10.4. The molecule has 14 heavy (non-hydrogen) atoms. The highest BCUT2D eigenvalue weighted by molar-refractivity contribution is 5.60. The summed E-state index contributed by atoms with van der Waals surface area (Å²) in [6, 6.07) is 8.97. The first-order valence-corrected chi connectivity index (χ1v) is 3.96. The lowest BCUT2D eigenvalue weighted by Gasteiger charge is -2.03. The summed E-state index contributed by atoms with van der Waals surface area (Å²) in [6.45, 7) is 0. The Balaban J connectivity index is 3.14. The van der Waals surface area contributed by atoms with Gasteiger partial charge in [-0.1, -0.05) is 0 Å². The second-order valence-corrected chi connectivity index (χ2v) is 2.53. The molecule has 3 nitrogen and oxygen atoms in total. The molecule has 0 aliphatic heterocycles. The molecule has 0 bridgehead atoms. The van der Waals surface area contributed by atoms with Crippen molar-refractivity contribution in [1.82, 2.24) is 0 Å². The van der Waals surface area contributed by atoms with Crippen molar-refractivity contribution in [2.45, 2.75) is 0 Å². The number of ether oxygens (including phenoxy) is 1. The summed E-state index contributed by atoms with van der Waals surface area (Å²) in [5, 5.41) is 17.0. The van der Waals surface area contributed by atoms with E-state index in [1.807, 2.05) is 12.1 Å². The molecule has 0 aliphatic rings. The molecule has 68 valence electrons. The Morgan fingerprint density at radius 3 is 2.71 bits per heavy atom. The van der Waals surface area contributed by atoms with E-state index in [1.165, 1.54) is 13.2 Å². The van der Waals surface area contributed by atoms with E-state index < -0.39 is 0 Å². The van der Waals surface area contributed by atoms with Crippen molar-refractivity contribution in [1.29, 1.82) is 10.5 Å². The predicted octanol–water partition coefficient (Wildman–Crippen LogP) is 2.10. The summed E-state index contributed by atoms with van der Waals surface area (Å²) in [5.74, 6) is 0.593. The highest BCUT2D eigenvalue weighted by Crippen LogP contribution is 2.20. The van der Waals surface area contributed by atoms with Crippen molar-refractivity contribution >= 4 is 6.08 Å². The molecule has 1 aromatic rings. The summed E-state index contributed by atoms with van der Waals surface area (Å²) in [6.07, 6.45) is 3.00. The molecule has 0 radical (unpaired) electrons. The lowest BCUT2D eigenvalue weighted by Crippen LogP contribution is -1.87. The van der Waals surface area contributed by atoms with Crippen LogP contribution in [0, 0.1) is 22.7 Å². The predicted molar refractivity (Wildman–Crippen MR) is 52.4 cm³/mol. The minimum Gasteiger partial charge on any atom is -0.496 e. The standard InChI is InChI=1S/C11H8N2O/c1-14-11-7-9(8-13)4-5-10(11)3-2-6-12/h2-5,7H,1H3. The zero-order valence-corrected chi connectivity index (χ0v) is 7.69. The molecule has 0 amide bonds. The average molecular weight is 184 g/mol. The molecule has 0 saturated carbocycles. The number of rotatable bonds is 2. The van der Waals surface area contributed by atoms with Crippen molar-refractivity contribution in [3.05, 3.63) is 35.4 Å². The van der Waals surface area contributed by atoms with Gasteiger partial charge in [-0.05, 0) is 24.3 Å². The monoisotopic (exact) mass is 184 g/mol. The minimum absolute atomic E-state index is 0.538. The lowest BCUT2D eigenvalue weighted by atomic mass is 10.1. The van der Waals surface area contributed by atoms with Crippen LogP contribution in [0.1, 0.15) is 11.1 Å². The van der Waals surface area contributed by atoms with Crippen LogP contribution in [0.4, 0.5) is 0 Å². The molecule has 0 atom stereocenters. The summed E-state index contributed by atoms with van der Waals surface area (Å²) < 4.78 is 5.07. The van der Waals surface area contributed by atoms with Gasteiger partial charge in [-0.15, -0.1) is 0 Å². The molecule has 1 aromatic carbocycles. The number of methoxy groups -OCH3 is 1. The molecule has 0 unspecified atom stereocenters. The van der Waals surface area contributed by atoms with Gasteiger partial charge in [0.25, 0.3) is 0 Å². The summed E-state index contributed by atoms with van der Waals surface area (Å²) in [4.78, 5) is 0. The number of nitriles is 2. The van der Waals surface area contributed by atoms with Gasteiger partial charge in [0.1, 0.15) is 5.75 Å². The van der Waals surface area contributed by atoms with Gasteiger partial charge in [0.05, 0.1) is 24.8 Å². The minimum atomic E-state index is 0.538. The van der Waals surface area contributed by atoms with Crippen LogP contribution in [0.3, 0.4) is 0 Å². The van der Waals surface area contributed by atoms with E-state index in [0.29, 0.717) is 11.3 Å². The molecule has 0 N–H and O–H groups in total. The number of hydrogen-bond donors (Lipinski definition) is 0. The van der Waals surface area contributed by atoms with E-state index in [4.69, 9.17) is 15.3 Å². The topological polar surface area (TPSA) is 56.8 Å². The fourth-order valence-electron chi connectivity index (χ4n) is 1.05. The smallest absolute Gasteiger partial charge is 0.127 e. The fraction of sp³-hybridized carbons (Fsp3) is 0.0909. The summed E-state index contributed by atoms with van der Waals surface area (Å²) in [7, 11) is 1.53. The third-order valence-electron chi connectivity index (χ3n) is 1.70. The number of nitrogens with zero attached hydrogens (tertiary/aromatic N) is 2. The Morgan fingerprint density at radius 2 is 2.14 bits per heavy atom. The molecule has 3 heteroatoms. The maximum atomic E-state index is 8.65. The normalized spacial score (nSPS) is 9.36. The molecule has 0 heterocycles. The van der Waals surface area contributed by atoms with Crippen molar-refractivity contribution in [3.63, 3.8) is 0 Å². The lowest BCUT2D eigenvalue weighted by molar-refractivity contribution is 0.413. The molecular weight excluding hydrogens is 176 g/mol. The van der Waals surface area contributed by atoms with Gasteiger partial charge in [-0.2, -0.15) is 10.5 Å². The number of hydrogen-bond acceptors (Lipinski definition) is 3. The molecule has 0 saturated heterocycles. The van der Waals surface area contributed by atoms with Crippen molar-refractivity contribution in [3.8, 4) is 17.9 Å². The van der Waals surface area contributed by atoms with Crippen molar-refractivity contribution in [2.24, 2.45) is 0 Å². The number of benzene rings is 1. The Hall–Kier alpha value is -2.26. The first kappa shape index (κ1) is 9.83. The van der Waals surface area contributed by atoms with Crippen molar-refractivity contribution in [2.75, 3.05) is 7.11 Å². The van der Waals surface area contributed by atoms with E-state index >= 15 is 0 Å². The zero-order valence-electron chi connectivity index (χ0n) is 7.69. The van der Waals surface area contributed by atoms with Crippen LogP contribution >= 0.6 is 0 Å². The SMILES string of the molecule is COc1cc(C#N)ccc1C=CC#N. The van der Waals surface area contributed by atoms with E-state index in [-0.39, 0.29) is 0 Å². The van der Waals surface area contributed by atoms with Gasteiger partial charge >= 0.3 is 0 Å². The van der Waals surface area contributed by atoms with Crippen LogP contribution in [0.15, 0.2) is 24.3 Å². The Morgan fingerprint density at radius 1 is 1.36 bits per heavy atom. The summed E-state index contributed by atoms with van der Waals surface area (Å²) >= 11 is 0. The maximum Gasteiger partial charge on any atom is 0.127 e. The third-order valence-corrected chi connectivity index (χ3v) is 1.70. The highest BCUT2D eigenvalue weighted by atomic mass is 16.5. The van der Waals surface area contributed by atoms with Gasteiger partial charge in [0.2, 0.25) is 0 Å². The Kier molecular flexibility index (Phi) is 3.29. The molecule has 1 rings (SSSR count). The third kappa shape index (κ3) is 2.12. The van der Waals surface area contributed by atoms with Gasteiger partial charge < -0.3 is 4.74 Å². The van der Waals surface area contributed by atoms with E-state index in [0.717, 1.165) is 5.56 Å². The van der Waals surface area contributed by atoms with Crippen LogP contribution in [0.25, 0.3) is 6.08 Å². The van der Waals surface area contributed by atoms with Crippen LogP contribution in [-0.2, 0) is 0 Å². The van der Waals surface area contributed by atoms with Crippen LogP contribution in [-0.4, -0.2) is 7.11 Å². The van der Waals surface area contributed by atoms with Crippen molar-refractivity contribution < 1.29 is 4.74 Å². The van der Waals surface area contributed by atoms with Gasteiger partial charge in [-0.25, -0.2) is 0 Å². The van der Waals surface area contributed by atoms with Crippen LogP contribution in [0.5, 0.6) is 5.75 Å². The Labute approximate surface area is 82.5 Å². The average Bonchev–Trinajstić information content (AvgIpc) is 2.26. The van der Waals surface area contributed by atoms with Gasteiger partial charge in [-0.3, -0.25) is 0 Å². The number of allylic oxidation sites excluding steroid dienone is 1. The molecular formula is C11H8N2O. The molecule has 0 spiro atoms. The maximum absolute atomic E-state index is 8.65. The van der Waals surface area contributed by atoms with E-state index in [2.05, 4.69) is 0 Å². The first-order chi connectivity index (χ1) is 6.81. The second kappa shape index (κ2) is 4.69. The van der Waals surface area contributed by atoms with Crippen LogP contribution in [0.2, 0.25) is 0 Å². The molecule has 0 aromatic heterocycles. The Bertz CT molecular complexity index is 436. The largest absolute Gasteiger partial charge is 0.496 e. The summed E-state index contributed by atoms with van der Waals surface area (Å²) in [5.41, 5.74) is 1.32. The highest BCUT2D eigenvalue weighted by Gasteiger charge is 2.00. The fourth-order valence-corrected chi connectivity index (χ4v) is 1.05. The van der Waals surface area contributed by atoms with Crippen LogP contribution < -0.4 is 4.74 Å². The van der Waals surface area contributed by atoms with Gasteiger partial charge in [0.15, 0.2) is 0 Å². The quantitative estimate of drug-likeness (QED) is 0.661. The van der Waals surface area contributed by atoms with E-state index in [1.54, 1.807) is 24.3 Å². The molecule has 0 aliphatic carbocycles. The molecule has 0 fully saturated rings. The van der Waals surface area contributed by atoms with Gasteiger partial charge in [0, 0.05) is 11.6 Å².